The summed E-state index contributed by atoms with van der Waals surface area (Å²) in [4.78, 5) is 26.6. The molecule has 1 unspecified atom stereocenters. The number of hydrogen-bond donors (Lipinski definition) is 1. The van der Waals surface area contributed by atoms with Crippen molar-refractivity contribution in [1.82, 2.24) is 4.90 Å². The molecule has 0 radical (unpaired) electrons. The van der Waals surface area contributed by atoms with Crippen molar-refractivity contribution >= 4 is 12.1 Å². The Balaban J connectivity index is 1.37. The highest BCUT2D eigenvalue weighted by atomic mass is 16.6. The summed E-state index contributed by atoms with van der Waals surface area (Å²) in [5, 5.41) is 9.76. The first-order valence-corrected chi connectivity index (χ1v) is 11.5. The first-order valence-electron chi connectivity index (χ1n) is 11.5. The largest absolute Gasteiger partial charge is 0.480 e. The predicted molar refractivity (Wildman–Crippen MR) is 119 cm³/mol. The van der Waals surface area contributed by atoms with Crippen molar-refractivity contribution in [3.05, 3.63) is 59.7 Å². The molecule has 1 aliphatic heterocycles. The summed E-state index contributed by atoms with van der Waals surface area (Å²) >= 11 is 0. The van der Waals surface area contributed by atoms with Crippen LogP contribution in [0.2, 0.25) is 0 Å². The predicted octanol–water partition coefficient (Wildman–Crippen LogP) is 5.02. The van der Waals surface area contributed by atoms with Crippen LogP contribution in [0.1, 0.15) is 56.1 Å². The van der Waals surface area contributed by atoms with Crippen molar-refractivity contribution in [2.24, 2.45) is 5.92 Å². The Kier molecular flexibility index (Phi) is 5.41. The average Bonchev–Trinajstić information content (AvgIpc) is 3.34. The molecule has 1 N–H and O–H groups in total. The van der Waals surface area contributed by atoms with Crippen LogP contribution in [0.3, 0.4) is 0 Å². The van der Waals surface area contributed by atoms with Crippen LogP contribution >= 0.6 is 0 Å². The molecule has 32 heavy (non-hydrogen) atoms. The third kappa shape index (κ3) is 3.37. The lowest BCUT2D eigenvalue weighted by atomic mass is 9.81. The highest BCUT2D eigenvalue weighted by Gasteiger charge is 2.54. The molecular formula is C26H29NO5. The topological polar surface area (TPSA) is 76.1 Å². The molecule has 168 valence electrons. The van der Waals surface area contributed by atoms with E-state index in [0.29, 0.717) is 18.8 Å². The van der Waals surface area contributed by atoms with E-state index in [4.69, 9.17) is 9.47 Å². The van der Waals surface area contributed by atoms with Gasteiger partial charge in [0.05, 0.1) is 6.61 Å². The maximum atomic E-state index is 13.3. The molecule has 2 aromatic rings. The Labute approximate surface area is 188 Å². The van der Waals surface area contributed by atoms with E-state index in [1.807, 2.05) is 24.3 Å². The van der Waals surface area contributed by atoms with Crippen molar-refractivity contribution in [2.75, 3.05) is 13.2 Å². The third-order valence-electron chi connectivity index (χ3n) is 7.54. The smallest absolute Gasteiger partial charge is 0.412 e. The Bertz CT molecular complexity index is 981. The lowest BCUT2D eigenvalue weighted by molar-refractivity contribution is -0.144. The molecule has 2 aliphatic carbocycles. The highest BCUT2D eigenvalue weighted by molar-refractivity contribution is 5.82. The number of ether oxygens (including phenoxy) is 2. The number of carbonyl (C=O) groups excluding carboxylic acids is 1. The summed E-state index contributed by atoms with van der Waals surface area (Å²) < 4.78 is 11.8. The number of benzene rings is 2. The van der Waals surface area contributed by atoms with Crippen LogP contribution in [-0.4, -0.2) is 47.0 Å². The number of carboxylic acid groups (broad SMARTS) is 1. The maximum Gasteiger partial charge on any atom is 0.412 e. The molecule has 5 rings (SSSR count). The number of aliphatic carboxylic acids is 1. The van der Waals surface area contributed by atoms with Crippen LogP contribution in [0.4, 0.5) is 4.79 Å². The Morgan fingerprint density at radius 1 is 1.06 bits per heavy atom. The molecule has 0 bridgehead atoms. The number of carbonyl (C=O) groups is 2. The minimum Gasteiger partial charge on any atom is -0.480 e. The molecule has 6 heteroatoms. The van der Waals surface area contributed by atoms with Gasteiger partial charge in [0, 0.05) is 5.92 Å². The second-order valence-electron chi connectivity index (χ2n) is 9.14. The van der Waals surface area contributed by atoms with Gasteiger partial charge in [0.15, 0.2) is 6.04 Å². The van der Waals surface area contributed by atoms with Crippen molar-refractivity contribution < 1.29 is 24.2 Å². The number of carboxylic acids is 1. The van der Waals surface area contributed by atoms with Gasteiger partial charge in [-0.2, -0.15) is 0 Å². The van der Waals surface area contributed by atoms with Crippen LogP contribution < -0.4 is 0 Å². The molecule has 3 aliphatic rings. The molecule has 2 aromatic carbocycles. The normalized spacial score (nSPS) is 26.7. The lowest BCUT2D eigenvalue weighted by Crippen LogP contribution is -2.55. The van der Waals surface area contributed by atoms with Crippen LogP contribution in [0.5, 0.6) is 0 Å². The molecule has 1 spiro atoms. The number of fused-ring (bicyclic) bond motifs is 3. The van der Waals surface area contributed by atoms with Crippen molar-refractivity contribution in [3.63, 3.8) is 0 Å². The first kappa shape index (κ1) is 21.0. The van der Waals surface area contributed by atoms with Crippen LogP contribution in [0, 0.1) is 5.92 Å². The zero-order valence-corrected chi connectivity index (χ0v) is 18.3. The molecule has 1 atom stereocenters. The van der Waals surface area contributed by atoms with Crippen molar-refractivity contribution in [1.29, 1.82) is 0 Å². The summed E-state index contributed by atoms with van der Waals surface area (Å²) in [7, 11) is 0. The van der Waals surface area contributed by atoms with Gasteiger partial charge in [0.2, 0.25) is 0 Å². The van der Waals surface area contributed by atoms with Gasteiger partial charge in [0.25, 0.3) is 0 Å². The van der Waals surface area contributed by atoms with Gasteiger partial charge < -0.3 is 14.6 Å². The molecule has 2 fully saturated rings. The van der Waals surface area contributed by atoms with E-state index in [0.717, 1.165) is 41.5 Å². The summed E-state index contributed by atoms with van der Waals surface area (Å²) in [5.74, 6) is -0.518. The Hall–Kier alpha value is -2.86. The molecule has 0 aromatic heterocycles. The fraction of sp³-hybridized carbons (Fsp3) is 0.462. The van der Waals surface area contributed by atoms with Gasteiger partial charge in [-0.15, -0.1) is 0 Å². The SMILES string of the molecule is CCC1CCC2(CC1)OCC(C(=O)O)N2C(=O)OCC1c2ccccc2-c2ccccc21. The van der Waals surface area contributed by atoms with E-state index in [1.165, 1.54) is 4.90 Å². The summed E-state index contributed by atoms with van der Waals surface area (Å²) in [6.45, 7) is 2.35. The second-order valence-corrected chi connectivity index (χ2v) is 9.14. The van der Waals surface area contributed by atoms with E-state index in [1.54, 1.807) is 0 Å². The quantitative estimate of drug-likeness (QED) is 0.730. The van der Waals surface area contributed by atoms with Gasteiger partial charge in [0.1, 0.15) is 12.3 Å². The van der Waals surface area contributed by atoms with Crippen LogP contribution in [0.25, 0.3) is 11.1 Å². The minimum absolute atomic E-state index is 0.0102. The van der Waals surface area contributed by atoms with E-state index in [2.05, 4.69) is 31.2 Å². The molecule has 1 amide bonds. The number of amides is 1. The molecule has 1 heterocycles. The van der Waals surface area contributed by atoms with E-state index >= 15 is 0 Å². The lowest BCUT2D eigenvalue weighted by Gasteiger charge is -2.42. The monoisotopic (exact) mass is 435 g/mol. The fourth-order valence-corrected chi connectivity index (χ4v) is 5.72. The van der Waals surface area contributed by atoms with Gasteiger partial charge in [-0.25, -0.2) is 9.59 Å². The second kappa shape index (κ2) is 8.24. The van der Waals surface area contributed by atoms with E-state index in [9.17, 15) is 14.7 Å². The molecule has 1 saturated carbocycles. The third-order valence-corrected chi connectivity index (χ3v) is 7.54. The summed E-state index contributed by atoms with van der Waals surface area (Å²) in [6.07, 6.45) is 3.65. The van der Waals surface area contributed by atoms with Gasteiger partial charge >= 0.3 is 12.1 Å². The zero-order chi connectivity index (χ0) is 22.3. The maximum absolute atomic E-state index is 13.3. The molecular weight excluding hydrogens is 406 g/mol. The van der Waals surface area contributed by atoms with Gasteiger partial charge in [-0.05, 0) is 53.9 Å². The Morgan fingerprint density at radius 3 is 2.22 bits per heavy atom. The summed E-state index contributed by atoms with van der Waals surface area (Å²) in [5.41, 5.74) is 3.72. The minimum atomic E-state index is -1.05. The van der Waals surface area contributed by atoms with Crippen LogP contribution in [0.15, 0.2) is 48.5 Å². The van der Waals surface area contributed by atoms with Gasteiger partial charge in [-0.3, -0.25) is 4.90 Å². The first-order chi connectivity index (χ1) is 15.5. The number of nitrogens with zero attached hydrogens (tertiary/aromatic N) is 1. The molecule has 6 nitrogen and oxygen atoms in total. The Morgan fingerprint density at radius 2 is 1.66 bits per heavy atom. The van der Waals surface area contributed by atoms with E-state index < -0.39 is 23.8 Å². The zero-order valence-electron chi connectivity index (χ0n) is 18.3. The summed E-state index contributed by atoms with van der Waals surface area (Å²) in [6, 6.07) is 15.3. The fourth-order valence-electron chi connectivity index (χ4n) is 5.72. The van der Waals surface area contributed by atoms with E-state index in [-0.39, 0.29) is 19.1 Å². The van der Waals surface area contributed by atoms with Gasteiger partial charge in [-0.1, -0.05) is 61.9 Å². The van der Waals surface area contributed by atoms with Crippen molar-refractivity contribution in [3.8, 4) is 11.1 Å². The van der Waals surface area contributed by atoms with Crippen molar-refractivity contribution in [2.45, 2.75) is 56.7 Å². The average molecular weight is 436 g/mol. The number of hydrogen-bond acceptors (Lipinski definition) is 4. The number of rotatable bonds is 4. The standard InChI is InChI=1S/C26H29NO5/c1-2-17-11-13-26(14-12-17)27(23(16-32-26)24(28)29)25(30)31-15-22-20-9-5-3-7-18(20)19-8-4-6-10-21(19)22/h3-10,17,22-23H,2,11-16H2,1H3,(H,28,29). The highest BCUT2D eigenvalue weighted by Crippen LogP contribution is 2.46. The molecule has 1 saturated heterocycles. The van der Waals surface area contributed by atoms with Crippen LogP contribution in [-0.2, 0) is 14.3 Å².